The van der Waals surface area contributed by atoms with Gasteiger partial charge in [-0.25, -0.2) is 0 Å². The molecule has 1 aromatic heterocycles. The summed E-state index contributed by atoms with van der Waals surface area (Å²) in [5.41, 5.74) is 1.90. The fourth-order valence-corrected chi connectivity index (χ4v) is 4.42. The smallest absolute Gasteiger partial charge is 0.296 e. The van der Waals surface area contributed by atoms with E-state index in [9.17, 15) is 14.7 Å². The van der Waals surface area contributed by atoms with E-state index >= 15 is 0 Å². The number of pyridine rings is 1. The first-order chi connectivity index (χ1) is 16.6. The molecule has 4 aromatic rings. The first kappa shape index (κ1) is 21.4. The minimum atomic E-state index is -0.771. The van der Waals surface area contributed by atoms with Gasteiger partial charge in [0.2, 0.25) is 0 Å². The third-order valence-corrected chi connectivity index (χ3v) is 6.07. The Kier molecular flexibility index (Phi) is 5.55. The number of aliphatic hydroxyl groups excluding tert-OH is 1. The molecule has 1 N–H and O–H groups in total. The summed E-state index contributed by atoms with van der Waals surface area (Å²) in [5, 5.41) is 13.2. The summed E-state index contributed by atoms with van der Waals surface area (Å²) in [4.78, 5) is 32.3. The topological polar surface area (TPSA) is 79.7 Å². The summed E-state index contributed by atoms with van der Waals surface area (Å²) < 4.78 is 5.27. The van der Waals surface area contributed by atoms with Crippen LogP contribution < -0.4 is 4.74 Å². The zero-order valence-corrected chi connectivity index (χ0v) is 18.5. The van der Waals surface area contributed by atoms with Gasteiger partial charge in [0, 0.05) is 11.8 Å². The van der Waals surface area contributed by atoms with E-state index in [0.29, 0.717) is 22.6 Å². The van der Waals surface area contributed by atoms with E-state index in [4.69, 9.17) is 4.74 Å². The van der Waals surface area contributed by atoms with Crippen molar-refractivity contribution < 1.29 is 19.4 Å². The van der Waals surface area contributed by atoms with E-state index in [0.717, 1.165) is 10.8 Å². The average Bonchev–Trinajstić information content (AvgIpc) is 3.13. The van der Waals surface area contributed by atoms with Gasteiger partial charge in [-0.15, -0.1) is 0 Å². The number of methoxy groups -OCH3 is 1. The van der Waals surface area contributed by atoms with Crippen molar-refractivity contribution in [2.45, 2.75) is 12.6 Å². The number of benzene rings is 3. The molecule has 5 rings (SSSR count). The lowest BCUT2D eigenvalue weighted by atomic mass is 9.93. The van der Waals surface area contributed by atoms with Crippen LogP contribution in [0.5, 0.6) is 5.75 Å². The fourth-order valence-electron chi connectivity index (χ4n) is 4.42. The van der Waals surface area contributed by atoms with Crippen LogP contribution in [0.1, 0.15) is 22.9 Å². The molecule has 0 bridgehead atoms. The van der Waals surface area contributed by atoms with Crippen LogP contribution in [-0.4, -0.2) is 33.8 Å². The van der Waals surface area contributed by atoms with Gasteiger partial charge in [0.1, 0.15) is 11.5 Å². The monoisotopic (exact) mass is 450 g/mol. The van der Waals surface area contributed by atoms with Crippen molar-refractivity contribution in [1.82, 2.24) is 9.88 Å². The summed E-state index contributed by atoms with van der Waals surface area (Å²) in [5.74, 6) is -0.936. The molecule has 1 amide bonds. The van der Waals surface area contributed by atoms with Gasteiger partial charge in [0.25, 0.3) is 11.7 Å². The lowest BCUT2D eigenvalue weighted by molar-refractivity contribution is -0.140. The molecule has 1 aliphatic heterocycles. The van der Waals surface area contributed by atoms with Crippen LogP contribution in [0.25, 0.3) is 16.5 Å². The Bertz CT molecular complexity index is 1410. The van der Waals surface area contributed by atoms with Crippen molar-refractivity contribution in [2.75, 3.05) is 7.11 Å². The zero-order chi connectivity index (χ0) is 23.7. The Morgan fingerprint density at radius 2 is 1.68 bits per heavy atom. The molecule has 0 aliphatic carbocycles. The van der Waals surface area contributed by atoms with E-state index < -0.39 is 17.7 Å². The Labute approximate surface area is 196 Å². The Hall–Kier alpha value is -4.45. The third kappa shape index (κ3) is 3.69. The molecule has 34 heavy (non-hydrogen) atoms. The molecule has 6 heteroatoms. The summed E-state index contributed by atoms with van der Waals surface area (Å²) in [6.07, 6.45) is 1.64. The van der Waals surface area contributed by atoms with Crippen LogP contribution in [0.15, 0.2) is 96.7 Å². The van der Waals surface area contributed by atoms with Crippen molar-refractivity contribution in [3.63, 3.8) is 0 Å². The number of nitrogens with zero attached hydrogens (tertiary/aromatic N) is 2. The summed E-state index contributed by atoms with van der Waals surface area (Å²) in [6.45, 7) is 0.133. The summed E-state index contributed by atoms with van der Waals surface area (Å²) in [6, 6.07) is 24.9. The van der Waals surface area contributed by atoms with Gasteiger partial charge in [0.15, 0.2) is 0 Å². The zero-order valence-electron chi connectivity index (χ0n) is 18.5. The highest BCUT2D eigenvalue weighted by Crippen LogP contribution is 2.41. The molecule has 1 atom stereocenters. The number of ketones is 1. The highest BCUT2D eigenvalue weighted by molar-refractivity contribution is 6.46. The molecular weight excluding hydrogens is 428 g/mol. The highest BCUT2D eigenvalue weighted by Gasteiger charge is 2.46. The number of fused-ring (bicyclic) bond motifs is 1. The first-order valence-corrected chi connectivity index (χ1v) is 10.9. The molecule has 0 radical (unpaired) electrons. The van der Waals surface area contributed by atoms with Crippen LogP contribution >= 0.6 is 0 Å². The second kappa shape index (κ2) is 8.83. The number of aromatic nitrogens is 1. The largest absolute Gasteiger partial charge is 0.507 e. The van der Waals surface area contributed by atoms with E-state index in [1.165, 1.54) is 4.90 Å². The minimum absolute atomic E-state index is 0.0578. The van der Waals surface area contributed by atoms with Gasteiger partial charge in [0.05, 0.1) is 31.0 Å². The number of ether oxygens (including phenoxy) is 1. The van der Waals surface area contributed by atoms with E-state index in [1.54, 1.807) is 55.8 Å². The standard InChI is InChI=1S/C28H22N2O4/c1-34-21-14-12-19(13-15-21)25-24(26(31)23-11-6-8-18-7-2-3-10-22(18)23)27(32)28(33)30(25)17-20-9-4-5-16-29-20/h2-16,25,31H,17H2,1H3/b26-24-. The van der Waals surface area contributed by atoms with Crippen LogP contribution in [0.3, 0.4) is 0 Å². The molecule has 1 aliphatic rings. The number of aliphatic hydroxyl groups is 1. The van der Waals surface area contributed by atoms with Crippen molar-refractivity contribution in [1.29, 1.82) is 0 Å². The van der Waals surface area contributed by atoms with E-state index in [1.807, 2.05) is 42.5 Å². The maximum Gasteiger partial charge on any atom is 0.296 e. The highest BCUT2D eigenvalue weighted by atomic mass is 16.5. The molecule has 168 valence electrons. The van der Waals surface area contributed by atoms with Crippen LogP contribution in [0, 0.1) is 0 Å². The van der Waals surface area contributed by atoms with Crippen molar-refractivity contribution in [3.05, 3.63) is 114 Å². The predicted octanol–water partition coefficient (Wildman–Crippen LogP) is 4.87. The minimum Gasteiger partial charge on any atom is -0.507 e. The number of hydrogen-bond acceptors (Lipinski definition) is 5. The molecule has 1 fully saturated rings. The summed E-state index contributed by atoms with van der Waals surface area (Å²) >= 11 is 0. The van der Waals surface area contributed by atoms with Crippen LogP contribution in [0.2, 0.25) is 0 Å². The van der Waals surface area contributed by atoms with E-state index in [2.05, 4.69) is 4.98 Å². The Morgan fingerprint density at radius 3 is 2.41 bits per heavy atom. The number of hydrogen-bond donors (Lipinski definition) is 1. The SMILES string of the molecule is COc1ccc(C2/C(=C(/O)c3cccc4ccccc34)C(=O)C(=O)N2Cc2ccccn2)cc1. The molecule has 2 heterocycles. The molecule has 0 spiro atoms. The maximum atomic E-state index is 13.3. The number of rotatable bonds is 5. The molecule has 3 aromatic carbocycles. The first-order valence-electron chi connectivity index (χ1n) is 10.9. The number of Topliss-reactive ketones (excluding diaryl/α,β-unsaturated/α-hetero) is 1. The van der Waals surface area contributed by atoms with Crippen LogP contribution in [-0.2, 0) is 16.1 Å². The second-order valence-electron chi connectivity index (χ2n) is 8.05. The second-order valence-corrected chi connectivity index (χ2v) is 8.05. The molecular formula is C28H22N2O4. The third-order valence-electron chi connectivity index (χ3n) is 6.07. The Morgan fingerprint density at radius 1 is 0.941 bits per heavy atom. The quantitative estimate of drug-likeness (QED) is 0.267. The van der Waals surface area contributed by atoms with Gasteiger partial charge in [-0.05, 0) is 40.6 Å². The molecule has 1 saturated heterocycles. The maximum absolute atomic E-state index is 13.3. The number of carbonyl (C=O) groups excluding carboxylic acids is 2. The number of amides is 1. The van der Waals surface area contributed by atoms with Gasteiger partial charge >= 0.3 is 0 Å². The lowest BCUT2D eigenvalue weighted by Crippen LogP contribution is -2.29. The molecule has 6 nitrogen and oxygen atoms in total. The van der Waals surface area contributed by atoms with Crippen molar-refractivity contribution in [2.24, 2.45) is 0 Å². The van der Waals surface area contributed by atoms with Crippen molar-refractivity contribution >= 4 is 28.2 Å². The van der Waals surface area contributed by atoms with Crippen molar-refractivity contribution in [3.8, 4) is 5.75 Å². The normalized spacial score (nSPS) is 17.3. The van der Waals surface area contributed by atoms with Gasteiger partial charge in [-0.3, -0.25) is 14.6 Å². The molecule has 1 unspecified atom stereocenters. The predicted molar refractivity (Wildman–Crippen MR) is 129 cm³/mol. The number of likely N-dealkylation sites (tertiary alicyclic amines) is 1. The average molecular weight is 450 g/mol. The number of carbonyl (C=O) groups is 2. The fraction of sp³-hybridized carbons (Fsp3) is 0.107. The molecule has 0 saturated carbocycles. The van der Waals surface area contributed by atoms with Gasteiger partial charge in [-0.2, -0.15) is 0 Å². The summed E-state index contributed by atoms with van der Waals surface area (Å²) in [7, 11) is 1.57. The Balaban J connectivity index is 1.70. The van der Waals surface area contributed by atoms with Crippen LogP contribution in [0.4, 0.5) is 0 Å². The van der Waals surface area contributed by atoms with Gasteiger partial charge in [-0.1, -0.05) is 60.7 Å². The lowest BCUT2D eigenvalue weighted by Gasteiger charge is -2.25. The van der Waals surface area contributed by atoms with E-state index in [-0.39, 0.29) is 17.9 Å². The van der Waals surface area contributed by atoms with Gasteiger partial charge < -0.3 is 14.7 Å².